The number of carbonyl (C=O) groups is 1. The average molecular weight is 220 g/mol. The van der Waals surface area contributed by atoms with E-state index >= 15 is 0 Å². The largest absolute Gasteiger partial charge is 0.469 e. The Hall–Kier alpha value is -1.31. The van der Waals surface area contributed by atoms with E-state index in [1.54, 1.807) is 0 Å². The number of methoxy groups -OCH3 is 1. The van der Waals surface area contributed by atoms with Crippen molar-refractivity contribution in [1.29, 1.82) is 0 Å². The van der Waals surface area contributed by atoms with E-state index < -0.39 is 0 Å². The van der Waals surface area contributed by atoms with Gasteiger partial charge in [0.05, 0.1) is 13.5 Å². The minimum Gasteiger partial charge on any atom is -0.469 e. The van der Waals surface area contributed by atoms with Crippen LogP contribution in [0.2, 0.25) is 0 Å². The Kier molecular flexibility index (Phi) is 4.11. The molecule has 0 bridgehead atoms. The SMILES string of the molecule is COC(=O)CC(c1ccccc1)C(C)(C)C. The first-order valence-electron chi connectivity index (χ1n) is 5.57. The van der Waals surface area contributed by atoms with Crippen LogP contribution in [-0.4, -0.2) is 13.1 Å². The van der Waals surface area contributed by atoms with Gasteiger partial charge >= 0.3 is 5.97 Å². The molecule has 0 N–H and O–H groups in total. The van der Waals surface area contributed by atoms with E-state index in [2.05, 4.69) is 32.9 Å². The van der Waals surface area contributed by atoms with Crippen LogP contribution in [0.15, 0.2) is 30.3 Å². The summed E-state index contributed by atoms with van der Waals surface area (Å²) < 4.78 is 4.76. The maximum Gasteiger partial charge on any atom is 0.306 e. The van der Waals surface area contributed by atoms with E-state index in [-0.39, 0.29) is 17.3 Å². The number of ether oxygens (including phenoxy) is 1. The van der Waals surface area contributed by atoms with E-state index in [4.69, 9.17) is 4.74 Å². The molecule has 0 saturated carbocycles. The summed E-state index contributed by atoms with van der Waals surface area (Å²) in [5.74, 6) is 0.0462. The fourth-order valence-corrected chi connectivity index (χ4v) is 1.86. The second-order valence-electron chi connectivity index (χ2n) is 5.11. The monoisotopic (exact) mass is 220 g/mol. The van der Waals surface area contributed by atoms with Crippen molar-refractivity contribution in [3.63, 3.8) is 0 Å². The number of carbonyl (C=O) groups excluding carboxylic acids is 1. The van der Waals surface area contributed by atoms with Gasteiger partial charge in [0, 0.05) is 0 Å². The zero-order valence-corrected chi connectivity index (χ0v) is 10.5. The molecular weight excluding hydrogens is 200 g/mol. The third kappa shape index (κ3) is 3.37. The summed E-state index contributed by atoms with van der Waals surface area (Å²) in [6, 6.07) is 10.1. The molecule has 0 fully saturated rings. The average Bonchev–Trinajstić information content (AvgIpc) is 2.25. The van der Waals surface area contributed by atoms with E-state index in [9.17, 15) is 4.79 Å². The van der Waals surface area contributed by atoms with Crippen LogP contribution >= 0.6 is 0 Å². The lowest BCUT2D eigenvalue weighted by Gasteiger charge is -2.30. The molecule has 1 aromatic rings. The van der Waals surface area contributed by atoms with Gasteiger partial charge in [-0.15, -0.1) is 0 Å². The van der Waals surface area contributed by atoms with Crippen LogP contribution in [0.5, 0.6) is 0 Å². The van der Waals surface area contributed by atoms with E-state index in [1.165, 1.54) is 12.7 Å². The molecular formula is C14H20O2. The number of esters is 1. The predicted molar refractivity (Wildman–Crippen MR) is 65.3 cm³/mol. The van der Waals surface area contributed by atoms with Crippen molar-refractivity contribution in [2.24, 2.45) is 5.41 Å². The molecule has 88 valence electrons. The number of rotatable bonds is 3. The first kappa shape index (κ1) is 12.8. The topological polar surface area (TPSA) is 26.3 Å². The van der Waals surface area contributed by atoms with Gasteiger partial charge in [-0.05, 0) is 16.9 Å². The zero-order chi connectivity index (χ0) is 12.2. The van der Waals surface area contributed by atoms with Crippen LogP contribution in [-0.2, 0) is 9.53 Å². The first-order chi connectivity index (χ1) is 7.45. The molecule has 0 aromatic heterocycles. The van der Waals surface area contributed by atoms with E-state index in [0.29, 0.717) is 6.42 Å². The third-order valence-corrected chi connectivity index (χ3v) is 2.85. The summed E-state index contributed by atoms with van der Waals surface area (Å²) in [5.41, 5.74) is 1.25. The van der Waals surface area contributed by atoms with Gasteiger partial charge in [-0.3, -0.25) is 4.79 Å². The molecule has 0 amide bonds. The molecule has 0 aliphatic rings. The highest BCUT2D eigenvalue weighted by Gasteiger charge is 2.28. The van der Waals surface area contributed by atoms with Crippen molar-refractivity contribution in [2.45, 2.75) is 33.1 Å². The minimum absolute atomic E-state index is 0.0511. The Labute approximate surface area is 97.6 Å². The molecule has 2 heteroatoms. The van der Waals surface area contributed by atoms with E-state index in [1.807, 2.05) is 18.2 Å². The number of hydrogen-bond acceptors (Lipinski definition) is 2. The standard InChI is InChI=1S/C14H20O2/c1-14(2,3)12(10-13(15)16-4)11-8-6-5-7-9-11/h5-9,12H,10H2,1-4H3. The van der Waals surface area contributed by atoms with Crippen molar-refractivity contribution < 1.29 is 9.53 Å². The Bertz CT molecular complexity index is 336. The molecule has 1 atom stereocenters. The highest BCUT2D eigenvalue weighted by atomic mass is 16.5. The molecule has 1 aromatic carbocycles. The van der Waals surface area contributed by atoms with Crippen LogP contribution in [0.1, 0.15) is 38.7 Å². The molecule has 0 radical (unpaired) electrons. The van der Waals surface area contributed by atoms with Crippen molar-refractivity contribution in [2.75, 3.05) is 7.11 Å². The molecule has 1 unspecified atom stereocenters. The second-order valence-corrected chi connectivity index (χ2v) is 5.11. The van der Waals surface area contributed by atoms with Crippen molar-refractivity contribution in [3.8, 4) is 0 Å². The Morgan fingerprint density at radius 3 is 2.25 bits per heavy atom. The predicted octanol–water partition coefficient (Wildman–Crippen LogP) is 3.38. The quantitative estimate of drug-likeness (QED) is 0.730. The summed E-state index contributed by atoms with van der Waals surface area (Å²) in [7, 11) is 1.44. The van der Waals surface area contributed by atoms with Crippen molar-refractivity contribution >= 4 is 5.97 Å². The third-order valence-electron chi connectivity index (χ3n) is 2.85. The molecule has 0 aliphatic carbocycles. The molecule has 0 heterocycles. The Morgan fingerprint density at radius 2 is 1.81 bits per heavy atom. The van der Waals surface area contributed by atoms with Crippen LogP contribution in [0.25, 0.3) is 0 Å². The fraction of sp³-hybridized carbons (Fsp3) is 0.500. The van der Waals surface area contributed by atoms with Crippen LogP contribution < -0.4 is 0 Å². The molecule has 1 rings (SSSR count). The van der Waals surface area contributed by atoms with Gasteiger partial charge in [-0.2, -0.15) is 0 Å². The highest BCUT2D eigenvalue weighted by molar-refractivity contribution is 5.70. The first-order valence-corrected chi connectivity index (χ1v) is 5.57. The Balaban J connectivity index is 2.93. The normalized spacial score (nSPS) is 13.2. The molecule has 16 heavy (non-hydrogen) atoms. The van der Waals surface area contributed by atoms with Gasteiger partial charge in [0.1, 0.15) is 0 Å². The maximum absolute atomic E-state index is 11.4. The van der Waals surface area contributed by atoms with Crippen molar-refractivity contribution in [3.05, 3.63) is 35.9 Å². The maximum atomic E-state index is 11.4. The number of benzene rings is 1. The zero-order valence-electron chi connectivity index (χ0n) is 10.5. The summed E-state index contributed by atoms with van der Waals surface area (Å²) in [6.07, 6.45) is 0.435. The lowest BCUT2D eigenvalue weighted by atomic mass is 9.75. The molecule has 0 spiro atoms. The molecule has 0 aliphatic heterocycles. The van der Waals surface area contributed by atoms with E-state index in [0.717, 1.165) is 0 Å². The van der Waals surface area contributed by atoms with Crippen LogP contribution in [0, 0.1) is 5.41 Å². The van der Waals surface area contributed by atoms with Gasteiger partial charge in [-0.1, -0.05) is 51.1 Å². The minimum atomic E-state index is -0.149. The van der Waals surface area contributed by atoms with Crippen LogP contribution in [0.4, 0.5) is 0 Å². The lowest BCUT2D eigenvalue weighted by molar-refractivity contribution is -0.141. The van der Waals surface area contributed by atoms with Gasteiger partial charge < -0.3 is 4.74 Å². The van der Waals surface area contributed by atoms with Crippen LogP contribution in [0.3, 0.4) is 0 Å². The highest BCUT2D eigenvalue weighted by Crippen LogP contribution is 2.37. The molecule has 2 nitrogen and oxygen atoms in total. The second kappa shape index (κ2) is 5.15. The van der Waals surface area contributed by atoms with Gasteiger partial charge in [0.15, 0.2) is 0 Å². The molecule has 0 saturated heterocycles. The fourth-order valence-electron chi connectivity index (χ4n) is 1.86. The lowest BCUT2D eigenvalue weighted by Crippen LogP contribution is -2.22. The smallest absolute Gasteiger partial charge is 0.306 e. The Morgan fingerprint density at radius 1 is 1.25 bits per heavy atom. The van der Waals surface area contributed by atoms with Gasteiger partial charge in [0.25, 0.3) is 0 Å². The summed E-state index contributed by atoms with van der Waals surface area (Å²) in [6.45, 7) is 6.44. The van der Waals surface area contributed by atoms with Gasteiger partial charge in [-0.25, -0.2) is 0 Å². The van der Waals surface area contributed by atoms with Crippen molar-refractivity contribution in [1.82, 2.24) is 0 Å². The summed E-state index contributed by atoms with van der Waals surface area (Å²) >= 11 is 0. The summed E-state index contributed by atoms with van der Waals surface area (Å²) in [4.78, 5) is 11.4. The van der Waals surface area contributed by atoms with Gasteiger partial charge in [0.2, 0.25) is 0 Å². The number of hydrogen-bond donors (Lipinski definition) is 0. The summed E-state index contributed by atoms with van der Waals surface area (Å²) in [5, 5.41) is 0.